The molecule has 0 radical (unpaired) electrons. The van der Waals surface area contributed by atoms with E-state index in [1.807, 2.05) is 48.5 Å². The van der Waals surface area contributed by atoms with Crippen molar-refractivity contribution in [2.75, 3.05) is 20.8 Å². The summed E-state index contributed by atoms with van der Waals surface area (Å²) in [6.45, 7) is 0.297. The van der Waals surface area contributed by atoms with Gasteiger partial charge in [-0.05, 0) is 30.2 Å². The number of likely N-dealkylation sites (tertiary alicyclic amines) is 1. The molecule has 1 heterocycles. The van der Waals surface area contributed by atoms with Crippen molar-refractivity contribution in [3.8, 4) is 11.5 Å². The van der Waals surface area contributed by atoms with Gasteiger partial charge >= 0.3 is 0 Å². The molecule has 1 aliphatic rings. The highest BCUT2D eigenvalue weighted by Gasteiger charge is 2.46. The van der Waals surface area contributed by atoms with Gasteiger partial charge in [-0.2, -0.15) is 0 Å². The minimum absolute atomic E-state index is 0.0606. The Balaban J connectivity index is 1.77. The molecule has 1 aliphatic heterocycles. The van der Waals surface area contributed by atoms with Crippen LogP contribution in [0.4, 0.5) is 0 Å². The summed E-state index contributed by atoms with van der Waals surface area (Å²) in [5, 5.41) is 11.1. The molecule has 0 bridgehead atoms. The first-order valence-corrected chi connectivity index (χ1v) is 10.6. The third kappa shape index (κ3) is 4.32. The van der Waals surface area contributed by atoms with Gasteiger partial charge in [0.25, 0.3) is 11.7 Å². The summed E-state index contributed by atoms with van der Waals surface area (Å²) in [5.41, 5.74) is 2.18. The van der Waals surface area contributed by atoms with E-state index in [0.717, 1.165) is 11.3 Å². The zero-order chi connectivity index (χ0) is 23.4. The van der Waals surface area contributed by atoms with Gasteiger partial charge in [0.15, 0.2) is 0 Å². The number of ether oxygens (including phenoxy) is 2. The van der Waals surface area contributed by atoms with Crippen LogP contribution in [0.25, 0.3) is 5.76 Å². The van der Waals surface area contributed by atoms with Crippen LogP contribution in [-0.2, 0) is 16.0 Å². The molecule has 1 unspecified atom stereocenters. The summed E-state index contributed by atoms with van der Waals surface area (Å²) in [5.74, 6) is -0.260. The lowest BCUT2D eigenvalue weighted by molar-refractivity contribution is -0.139. The number of benzene rings is 3. The normalized spacial score (nSPS) is 17.3. The second-order valence-electron chi connectivity index (χ2n) is 7.70. The number of carbonyl (C=O) groups is 2. The minimum atomic E-state index is -0.764. The first-order chi connectivity index (χ1) is 16.0. The molecular weight excluding hydrogens is 418 g/mol. The Morgan fingerprint density at radius 3 is 2.21 bits per heavy atom. The van der Waals surface area contributed by atoms with E-state index in [4.69, 9.17) is 9.47 Å². The van der Waals surface area contributed by atoms with Crippen LogP contribution in [0.1, 0.15) is 22.7 Å². The van der Waals surface area contributed by atoms with Gasteiger partial charge in [0.05, 0.1) is 25.8 Å². The Labute approximate surface area is 192 Å². The van der Waals surface area contributed by atoms with Gasteiger partial charge < -0.3 is 19.5 Å². The number of nitrogens with zero attached hydrogens (tertiary/aromatic N) is 1. The van der Waals surface area contributed by atoms with Crippen molar-refractivity contribution >= 4 is 17.4 Å². The molecule has 0 aromatic heterocycles. The molecule has 4 rings (SSSR count). The monoisotopic (exact) mass is 443 g/mol. The SMILES string of the molecule is COc1ccc(CCN2C(=O)C(=O)/C(=C(\O)c3ccccc3)C2c2ccccc2OC)cc1. The van der Waals surface area contributed by atoms with Crippen LogP contribution in [0.15, 0.2) is 84.4 Å². The summed E-state index contributed by atoms with van der Waals surface area (Å²) in [7, 11) is 3.15. The van der Waals surface area contributed by atoms with Gasteiger partial charge in [-0.1, -0.05) is 60.7 Å². The molecular formula is C27H25NO5. The van der Waals surface area contributed by atoms with E-state index in [2.05, 4.69) is 0 Å². The number of aliphatic hydroxyl groups excluding tert-OH is 1. The second-order valence-corrected chi connectivity index (χ2v) is 7.70. The molecule has 6 nitrogen and oxygen atoms in total. The molecule has 1 saturated heterocycles. The maximum atomic E-state index is 13.1. The van der Waals surface area contributed by atoms with Crippen molar-refractivity contribution in [2.24, 2.45) is 0 Å². The summed E-state index contributed by atoms with van der Waals surface area (Å²) in [6.07, 6.45) is 0.536. The van der Waals surface area contributed by atoms with Crippen molar-refractivity contribution in [1.82, 2.24) is 4.90 Å². The molecule has 1 atom stereocenters. The molecule has 1 N–H and O–H groups in total. The van der Waals surface area contributed by atoms with Crippen LogP contribution >= 0.6 is 0 Å². The van der Waals surface area contributed by atoms with Gasteiger partial charge in [-0.3, -0.25) is 9.59 Å². The Morgan fingerprint density at radius 2 is 1.55 bits per heavy atom. The predicted octanol–water partition coefficient (Wildman–Crippen LogP) is 4.37. The first-order valence-electron chi connectivity index (χ1n) is 10.6. The summed E-state index contributed by atoms with van der Waals surface area (Å²) in [6, 6.07) is 22.8. The predicted molar refractivity (Wildman–Crippen MR) is 125 cm³/mol. The lowest BCUT2D eigenvalue weighted by Crippen LogP contribution is -2.31. The summed E-state index contributed by atoms with van der Waals surface area (Å²) >= 11 is 0. The molecule has 0 aliphatic carbocycles. The van der Waals surface area contributed by atoms with E-state index in [-0.39, 0.29) is 11.3 Å². The van der Waals surface area contributed by atoms with Gasteiger partial charge in [-0.15, -0.1) is 0 Å². The number of methoxy groups -OCH3 is 2. The highest BCUT2D eigenvalue weighted by molar-refractivity contribution is 6.46. The highest BCUT2D eigenvalue weighted by Crippen LogP contribution is 2.42. The summed E-state index contributed by atoms with van der Waals surface area (Å²) < 4.78 is 10.7. The number of Topliss-reactive ketones (excluding diaryl/α,β-unsaturated/α-hetero) is 1. The standard InChI is InChI=1S/C27H25NO5/c1-32-20-14-12-18(13-15-20)16-17-28-24(21-10-6-7-11-22(21)33-2)23(26(30)27(28)31)25(29)19-8-4-3-5-9-19/h3-15,24,29H,16-17H2,1-2H3/b25-23-. The quantitative estimate of drug-likeness (QED) is 0.333. The van der Waals surface area contributed by atoms with Gasteiger partial charge in [0.1, 0.15) is 17.3 Å². The van der Waals surface area contributed by atoms with Gasteiger partial charge in [0, 0.05) is 17.7 Å². The lowest BCUT2D eigenvalue weighted by atomic mass is 9.94. The maximum Gasteiger partial charge on any atom is 0.295 e. The third-order valence-electron chi connectivity index (χ3n) is 5.82. The van der Waals surface area contributed by atoms with Crippen molar-refractivity contribution in [3.05, 3.63) is 101 Å². The molecule has 1 fully saturated rings. The topological polar surface area (TPSA) is 76.1 Å². The number of amides is 1. The van der Waals surface area contributed by atoms with Crippen molar-refractivity contribution in [2.45, 2.75) is 12.5 Å². The molecule has 0 spiro atoms. The summed E-state index contributed by atoms with van der Waals surface area (Å²) in [4.78, 5) is 27.8. The zero-order valence-electron chi connectivity index (χ0n) is 18.5. The van der Waals surface area contributed by atoms with Crippen LogP contribution in [0, 0.1) is 0 Å². The Bertz CT molecular complexity index is 1180. The number of hydrogen-bond acceptors (Lipinski definition) is 5. The first kappa shape index (κ1) is 22.1. The van der Waals surface area contributed by atoms with E-state index in [0.29, 0.717) is 29.8 Å². The zero-order valence-corrected chi connectivity index (χ0v) is 18.5. The number of ketones is 1. The van der Waals surface area contributed by atoms with Crippen LogP contribution in [0.5, 0.6) is 11.5 Å². The third-order valence-corrected chi connectivity index (χ3v) is 5.82. The lowest BCUT2D eigenvalue weighted by Gasteiger charge is -2.26. The minimum Gasteiger partial charge on any atom is -0.507 e. The Kier molecular flexibility index (Phi) is 6.45. The van der Waals surface area contributed by atoms with E-state index in [9.17, 15) is 14.7 Å². The molecule has 0 saturated carbocycles. The largest absolute Gasteiger partial charge is 0.507 e. The fourth-order valence-electron chi connectivity index (χ4n) is 4.12. The van der Waals surface area contributed by atoms with Crippen LogP contribution in [-0.4, -0.2) is 42.5 Å². The molecule has 3 aromatic carbocycles. The van der Waals surface area contributed by atoms with Gasteiger partial charge in [0.2, 0.25) is 0 Å². The molecule has 168 valence electrons. The average molecular weight is 443 g/mol. The van der Waals surface area contributed by atoms with E-state index in [1.165, 1.54) is 4.90 Å². The number of aliphatic hydroxyl groups is 1. The fourth-order valence-corrected chi connectivity index (χ4v) is 4.12. The molecule has 33 heavy (non-hydrogen) atoms. The molecule has 6 heteroatoms. The van der Waals surface area contributed by atoms with Crippen molar-refractivity contribution in [1.29, 1.82) is 0 Å². The Morgan fingerprint density at radius 1 is 0.879 bits per heavy atom. The van der Waals surface area contributed by atoms with Crippen LogP contribution in [0.3, 0.4) is 0 Å². The Hall–Kier alpha value is -4.06. The number of rotatable bonds is 7. The van der Waals surface area contributed by atoms with E-state index < -0.39 is 17.7 Å². The number of carbonyl (C=O) groups excluding carboxylic acids is 2. The molecule has 3 aromatic rings. The second kappa shape index (κ2) is 9.61. The van der Waals surface area contributed by atoms with E-state index >= 15 is 0 Å². The number of hydrogen-bond donors (Lipinski definition) is 1. The van der Waals surface area contributed by atoms with Crippen molar-refractivity contribution < 1.29 is 24.2 Å². The van der Waals surface area contributed by atoms with Crippen LogP contribution in [0.2, 0.25) is 0 Å². The molecule has 1 amide bonds. The van der Waals surface area contributed by atoms with Crippen LogP contribution < -0.4 is 9.47 Å². The average Bonchev–Trinajstić information content (AvgIpc) is 3.12. The fraction of sp³-hybridized carbons (Fsp3) is 0.185. The van der Waals surface area contributed by atoms with Crippen molar-refractivity contribution in [3.63, 3.8) is 0 Å². The highest BCUT2D eigenvalue weighted by atomic mass is 16.5. The smallest absolute Gasteiger partial charge is 0.295 e. The van der Waals surface area contributed by atoms with E-state index in [1.54, 1.807) is 44.6 Å². The van der Waals surface area contributed by atoms with Gasteiger partial charge in [-0.25, -0.2) is 0 Å². The maximum absolute atomic E-state index is 13.1. The number of para-hydroxylation sites is 1.